The zero-order valence-electron chi connectivity index (χ0n) is 25.1. The van der Waals surface area contributed by atoms with Gasteiger partial charge in [-0.15, -0.1) is 0 Å². The number of ether oxygens (including phenoxy) is 4. The van der Waals surface area contributed by atoms with E-state index in [9.17, 15) is 14.7 Å². The number of allylic oxidation sites excluding steroid dienone is 1. The maximum Gasteiger partial charge on any atom is 0.415 e. The highest BCUT2D eigenvalue weighted by atomic mass is 35.5. The SMILES string of the molecule is COCCOCCOC(=O)N1c2cccc(O)c2NC2=C(C(=O)CC(C)(C)C2)C1c1ccc(OCc2ccccc2)cc1Cl. The number of hydrogen-bond acceptors (Lipinski definition) is 8. The smallest absolute Gasteiger partial charge is 0.415 e. The lowest BCUT2D eigenvalue weighted by atomic mass is 9.73. The Labute approximate surface area is 262 Å². The Balaban J connectivity index is 1.56. The van der Waals surface area contributed by atoms with E-state index in [1.54, 1.807) is 37.4 Å². The van der Waals surface area contributed by atoms with Crippen molar-refractivity contribution in [1.82, 2.24) is 0 Å². The number of anilines is 2. The molecule has 1 heterocycles. The lowest BCUT2D eigenvalue weighted by molar-refractivity contribution is -0.118. The van der Waals surface area contributed by atoms with E-state index in [-0.39, 0.29) is 36.6 Å². The Kier molecular flexibility index (Phi) is 9.78. The van der Waals surface area contributed by atoms with E-state index in [1.165, 1.54) is 11.0 Å². The first kappa shape index (κ1) is 31.4. The molecule has 5 rings (SSSR count). The third-order valence-electron chi connectivity index (χ3n) is 7.60. The van der Waals surface area contributed by atoms with Gasteiger partial charge in [0.2, 0.25) is 0 Å². The summed E-state index contributed by atoms with van der Waals surface area (Å²) in [6, 6.07) is 18.9. The number of nitrogens with zero attached hydrogens (tertiary/aromatic N) is 1. The molecular weight excluding hydrogens is 584 g/mol. The van der Waals surface area contributed by atoms with Crippen molar-refractivity contribution in [2.75, 3.05) is 43.8 Å². The maximum absolute atomic E-state index is 14.0. The average molecular weight is 621 g/mol. The summed E-state index contributed by atoms with van der Waals surface area (Å²) < 4.78 is 22.2. The van der Waals surface area contributed by atoms with Gasteiger partial charge in [-0.05, 0) is 47.2 Å². The monoisotopic (exact) mass is 620 g/mol. The van der Waals surface area contributed by atoms with Gasteiger partial charge in [0.05, 0.1) is 31.5 Å². The van der Waals surface area contributed by atoms with Gasteiger partial charge in [-0.2, -0.15) is 0 Å². The van der Waals surface area contributed by atoms with Gasteiger partial charge in [0.15, 0.2) is 5.78 Å². The molecule has 3 aromatic rings. The van der Waals surface area contributed by atoms with Gasteiger partial charge in [0, 0.05) is 29.8 Å². The number of hydrogen-bond donors (Lipinski definition) is 2. The minimum atomic E-state index is -0.943. The van der Waals surface area contributed by atoms with Crippen LogP contribution in [0.2, 0.25) is 5.02 Å². The molecule has 1 unspecified atom stereocenters. The largest absolute Gasteiger partial charge is 0.506 e. The van der Waals surface area contributed by atoms with Crippen LogP contribution in [0.25, 0.3) is 0 Å². The number of halogens is 1. The van der Waals surface area contributed by atoms with Crippen LogP contribution in [0, 0.1) is 5.41 Å². The van der Waals surface area contributed by atoms with E-state index >= 15 is 0 Å². The molecule has 0 spiro atoms. The Hall–Kier alpha value is -4.05. The quantitative estimate of drug-likeness (QED) is 0.184. The lowest BCUT2D eigenvalue weighted by Crippen LogP contribution is -2.40. The van der Waals surface area contributed by atoms with E-state index in [2.05, 4.69) is 5.32 Å². The molecule has 0 saturated carbocycles. The number of rotatable bonds is 10. The van der Waals surface area contributed by atoms with Crippen molar-refractivity contribution in [2.45, 2.75) is 39.3 Å². The summed E-state index contributed by atoms with van der Waals surface area (Å²) >= 11 is 6.94. The summed E-state index contributed by atoms with van der Waals surface area (Å²) in [7, 11) is 1.58. The number of ketones is 1. The van der Waals surface area contributed by atoms with Crippen molar-refractivity contribution in [2.24, 2.45) is 5.41 Å². The Morgan fingerprint density at radius 1 is 1.02 bits per heavy atom. The summed E-state index contributed by atoms with van der Waals surface area (Å²) in [5.41, 5.74) is 2.85. The molecular formula is C34H37ClN2O7. The van der Waals surface area contributed by atoms with Crippen LogP contribution in [0.1, 0.15) is 43.9 Å². The molecule has 1 atom stereocenters. The number of phenolic OH excluding ortho intramolecular Hbond substituents is 1. The van der Waals surface area contributed by atoms with E-state index in [4.69, 9.17) is 30.5 Å². The van der Waals surface area contributed by atoms with Crippen LogP contribution in [0.5, 0.6) is 11.5 Å². The van der Waals surface area contributed by atoms with E-state index in [1.807, 2.05) is 44.2 Å². The Bertz CT molecular complexity index is 1540. The van der Waals surface area contributed by atoms with Crippen LogP contribution in [0.15, 0.2) is 78.0 Å². The fourth-order valence-electron chi connectivity index (χ4n) is 5.60. The normalized spacial score (nSPS) is 17.3. The molecule has 232 valence electrons. The third kappa shape index (κ3) is 7.01. The van der Waals surface area contributed by atoms with Gasteiger partial charge < -0.3 is 29.4 Å². The Morgan fingerprint density at radius 3 is 2.55 bits per heavy atom. The van der Waals surface area contributed by atoms with Crippen molar-refractivity contribution < 1.29 is 33.6 Å². The lowest BCUT2D eigenvalue weighted by Gasteiger charge is -2.37. The molecule has 9 nitrogen and oxygen atoms in total. The van der Waals surface area contributed by atoms with Gasteiger partial charge in [-0.25, -0.2) is 4.79 Å². The molecule has 0 fully saturated rings. The molecule has 44 heavy (non-hydrogen) atoms. The van der Waals surface area contributed by atoms with Crippen LogP contribution in [-0.2, 0) is 25.6 Å². The summed E-state index contributed by atoms with van der Waals surface area (Å²) in [5, 5.41) is 14.6. The number of carbonyl (C=O) groups excluding carboxylic acids is 2. The van der Waals surface area contributed by atoms with E-state index in [0.29, 0.717) is 65.2 Å². The number of phenols is 1. The minimum Gasteiger partial charge on any atom is -0.506 e. The summed E-state index contributed by atoms with van der Waals surface area (Å²) in [6.07, 6.45) is 0.0778. The van der Waals surface area contributed by atoms with Gasteiger partial charge in [-0.3, -0.25) is 9.69 Å². The van der Waals surface area contributed by atoms with Crippen molar-refractivity contribution in [3.63, 3.8) is 0 Å². The number of Topliss-reactive ketones (excluding diaryl/α,β-unsaturated/α-hetero) is 1. The average Bonchev–Trinajstić information content (AvgIpc) is 3.13. The molecule has 2 N–H and O–H groups in total. The molecule has 1 aliphatic carbocycles. The second-order valence-electron chi connectivity index (χ2n) is 11.6. The molecule has 1 aliphatic heterocycles. The number of fused-ring (bicyclic) bond motifs is 1. The highest BCUT2D eigenvalue weighted by molar-refractivity contribution is 6.31. The zero-order chi connectivity index (χ0) is 31.3. The standard InChI is InChI=1S/C34H37ClN2O7/c1-34(2)19-26-30(29(39)20-34)32(24-13-12-23(18-25(24)35)44-21-22-8-5-4-6-9-22)37(27-10-7-11-28(38)31(27)36-26)33(40)43-17-16-42-15-14-41-3/h4-13,18,32,36,38H,14-17,19-21H2,1-3H3. The van der Waals surface area contributed by atoms with Crippen LogP contribution < -0.4 is 15.0 Å². The van der Waals surface area contributed by atoms with Crippen molar-refractivity contribution in [1.29, 1.82) is 0 Å². The maximum atomic E-state index is 14.0. The first-order valence-electron chi connectivity index (χ1n) is 14.5. The molecule has 0 aromatic heterocycles. The number of para-hydroxylation sites is 1. The number of nitrogens with one attached hydrogen (secondary N) is 1. The highest BCUT2D eigenvalue weighted by Crippen LogP contribution is 2.51. The second-order valence-corrected chi connectivity index (χ2v) is 12.0. The first-order chi connectivity index (χ1) is 21.2. The summed E-state index contributed by atoms with van der Waals surface area (Å²) in [5.74, 6) is 0.351. The molecule has 1 amide bonds. The molecule has 10 heteroatoms. The van der Waals surface area contributed by atoms with Crippen LogP contribution in [0.4, 0.5) is 16.2 Å². The van der Waals surface area contributed by atoms with Gasteiger partial charge in [0.1, 0.15) is 30.4 Å². The third-order valence-corrected chi connectivity index (χ3v) is 7.93. The second kappa shape index (κ2) is 13.7. The predicted octanol–water partition coefficient (Wildman–Crippen LogP) is 7.04. The van der Waals surface area contributed by atoms with Gasteiger partial charge in [-0.1, -0.05) is 67.9 Å². The summed E-state index contributed by atoms with van der Waals surface area (Å²) in [4.78, 5) is 29.3. The van der Waals surface area contributed by atoms with Crippen molar-refractivity contribution in [3.05, 3.63) is 94.1 Å². The molecule has 0 radical (unpaired) electrons. The van der Waals surface area contributed by atoms with Crippen molar-refractivity contribution >= 4 is 34.9 Å². The number of amides is 1. The molecule has 0 bridgehead atoms. The topological polar surface area (TPSA) is 107 Å². The molecule has 2 aliphatic rings. The molecule has 0 saturated heterocycles. The highest BCUT2D eigenvalue weighted by Gasteiger charge is 2.45. The van der Waals surface area contributed by atoms with E-state index in [0.717, 1.165) is 5.56 Å². The predicted molar refractivity (Wildman–Crippen MR) is 168 cm³/mol. The number of carbonyl (C=O) groups is 2. The van der Waals surface area contributed by atoms with Crippen LogP contribution >= 0.6 is 11.6 Å². The Morgan fingerprint density at radius 2 is 1.80 bits per heavy atom. The van der Waals surface area contributed by atoms with Crippen molar-refractivity contribution in [3.8, 4) is 11.5 Å². The minimum absolute atomic E-state index is 0.0276. The van der Waals surface area contributed by atoms with Gasteiger partial charge >= 0.3 is 6.09 Å². The number of aromatic hydroxyl groups is 1. The van der Waals surface area contributed by atoms with Gasteiger partial charge in [0.25, 0.3) is 0 Å². The number of methoxy groups -OCH3 is 1. The molecule has 3 aromatic carbocycles. The zero-order valence-corrected chi connectivity index (χ0v) is 25.9. The fraction of sp³-hybridized carbons (Fsp3) is 0.353. The van der Waals surface area contributed by atoms with Crippen LogP contribution in [0.3, 0.4) is 0 Å². The first-order valence-corrected chi connectivity index (χ1v) is 14.9. The van der Waals surface area contributed by atoms with E-state index < -0.39 is 12.1 Å². The number of benzene rings is 3. The summed E-state index contributed by atoms with van der Waals surface area (Å²) in [6.45, 7) is 5.29. The van der Waals surface area contributed by atoms with Crippen LogP contribution in [-0.4, -0.2) is 50.5 Å². The fourth-order valence-corrected chi connectivity index (χ4v) is 5.87.